The molecule has 5 nitrogen and oxygen atoms in total. The van der Waals surface area contributed by atoms with Crippen LogP contribution in [0.2, 0.25) is 0 Å². The fourth-order valence-corrected chi connectivity index (χ4v) is 9.89. The van der Waals surface area contributed by atoms with Gasteiger partial charge in [0, 0.05) is 16.0 Å². The van der Waals surface area contributed by atoms with E-state index in [1.54, 1.807) is 11.8 Å². The van der Waals surface area contributed by atoms with Gasteiger partial charge in [-0.05, 0) is 48.8 Å². The van der Waals surface area contributed by atoms with Gasteiger partial charge in [0.05, 0.1) is 22.5 Å². The predicted molar refractivity (Wildman–Crippen MR) is 129 cm³/mol. The molecular formula is C26H22N2O3S2. The zero-order chi connectivity index (χ0) is 22.4. The van der Waals surface area contributed by atoms with E-state index in [0.29, 0.717) is 5.69 Å². The lowest BCUT2D eigenvalue weighted by atomic mass is 9.68. The van der Waals surface area contributed by atoms with Crippen molar-refractivity contribution in [3.63, 3.8) is 0 Å². The van der Waals surface area contributed by atoms with Gasteiger partial charge < -0.3 is 4.98 Å². The maximum Gasteiger partial charge on any atom is 0.305 e. The Balaban J connectivity index is 1.33. The Bertz CT molecular complexity index is 1350. The number of nitrogens with zero attached hydrogens (tertiary/aromatic N) is 1. The zero-order valence-electron chi connectivity index (χ0n) is 17.9. The number of aromatic amines is 1. The second-order valence-corrected chi connectivity index (χ2v) is 11.9. The van der Waals surface area contributed by atoms with Gasteiger partial charge in [-0.15, -0.1) is 11.8 Å². The summed E-state index contributed by atoms with van der Waals surface area (Å²) < 4.78 is 0. The van der Waals surface area contributed by atoms with E-state index in [1.807, 2.05) is 49.4 Å². The number of aromatic nitrogens is 1. The van der Waals surface area contributed by atoms with Gasteiger partial charge in [-0.25, -0.2) is 0 Å². The molecule has 2 aromatic carbocycles. The summed E-state index contributed by atoms with van der Waals surface area (Å²) in [4.78, 5) is 45.1. The van der Waals surface area contributed by atoms with Gasteiger partial charge in [-0.1, -0.05) is 59.4 Å². The van der Waals surface area contributed by atoms with Crippen LogP contribution >= 0.6 is 23.1 Å². The van der Waals surface area contributed by atoms with E-state index in [1.165, 1.54) is 21.8 Å². The number of hydrogen-bond donors (Lipinski definition) is 1. The highest BCUT2D eigenvalue weighted by Crippen LogP contribution is 2.68. The van der Waals surface area contributed by atoms with Crippen LogP contribution in [0.4, 0.5) is 5.69 Å². The Morgan fingerprint density at radius 2 is 1.61 bits per heavy atom. The summed E-state index contributed by atoms with van der Waals surface area (Å²) >= 11 is 3.03. The molecule has 2 bridgehead atoms. The van der Waals surface area contributed by atoms with Gasteiger partial charge in [-0.3, -0.25) is 19.3 Å². The molecule has 33 heavy (non-hydrogen) atoms. The van der Waals surface area contributed by atoms with E-state index in [4.69, 9.17) is 0 Å². The molecule has 1 aromatic heterocycles. The van der Waals surface area contributed by atoms with Gasteiger partial charge in [0.25, 0.3) is 0 Å². The Morgan fingerprint density at radius 1 is 0.909 bits per heavy atom. The molecule has 7 atom stereocenters. The highest BCUT2D eigenvalue weighted by Gasteiger charge is 2.69. The third kappa shape index (κ3) is 2.63. The molecule has 2 aliphatic heterocycles. The molecule has 7 rings (SSSR count). The first-order valence-electron chi connectivity index (χ1n) is 11.4. The van der Waals surface area contributed by atoms with Crippen LogP contribution in [0.1, 0.15) is 28.3 Å². The second-order valence-electron chi connectivity index (χ2n) is 9.72. The summed E-state index contributed by atoms with van der Waals surface area (Å²) in [6.45, 7) is 2.00. The lowest BCUT2D eigenvalue weighted by Crippen LogP contribution is -2.42. The van der Waals surface area contributed by atoms with Gasteiger partial charge >= 0.3 is 4.87 Å². The van der Waals surface area contributed by atoms with Crippen LogP contribution in [-0.2, 0) is 9.59 Å². The number of H-pyrrole nitrogens is 1. The molecule has 1 N–H and O–H groups in total. The summed E-state index contributed by atoms with van der Waals surface area (Å²) in [5.41, 5.74) is 2.98. The number of carbonyl (C=O) groups excluding carboxylic acids is 2. The SMILES string of the molecule is Cc1ccc(N2C(=O)[C@@H]3[C@@H]4C[C@H]([C@H]5Sc6[nH]c(=O)sc6[C@@H](c6ccccc6)[C@H]45)[C@@H]3C2=O)cc1. The van der Waals surface area contributed by atoms with Crippen molar-refractivity contribution in [1.82, 2.24) is 4.98 Å². The summed E-state index contributed by atoms with van der Waals surface area (Å²) in [5, 5.41) is 1.19. The smallest absolute Gasteiger partial charge is 0.305 e. The van der Waals surface area contributed by atoms with E-state index in [2.05, 4.69) is 17.1 Å². The van der Waals surface area contributed by atoms with E-state index in [-0.39, 0.29) is 57.4 Å². The van der Waals surface area contributed by atoms with Gasteiger partial charge in [0.2, 0.25) is 11.8 Å². The minimum Gasteiger partial charge on any atom is -0.307 e. The van der Waals surface area contributed by atoms with Crippen molar-refractivity contribution < 1.29 is 9.59 Å². The summed E-state index contributed by atoms with van der Waals surface area (Å²) in [6, 6.07) is 18.0. The molecule has 0 unspecified atom stereocenters. The number of nitrogens with one attached hydrogen (secondary N) is 1. The highest BCUT2D eigenvalue weighted by molar-refractivity contribution is 8.00. The Labute approximate surface area is 199 Å². The van der Waals surface area contributed by atoms with Crippen molar-refractivity contribution in [2.45, 2.75) is 29.5 Å². The molecule has 0 spiro atoms. The van der Waals surface area contributed by atoms with E-state index < -0.39 is 0 Å². The molecule has 1 saturated heterocycles. The first-order chi connectivity index (χ1) is 16.0. The number of carbonyl (C=O) groups is 2. The molecule has 2 saturated carbocycles. The molecule has 2 amide bonds. The molecule has 166 valence electrons. The minimum atomic E-state index is -0.255. The quantitative estimate of drug-likeness (QED) is 0.558. The first kappa shape index (κ1) is 19.8. The number of anilines is 1. The summed E-state index contributed by atoms with van der Waals surface area (Å²) in [5.74, 6) is 0.0616. The fourth-order valence-electron chi connectivity index (χ4n) is 7.00. The molecule has 0 radical (unpaired) electrons. The number of thiazole rings is 1. The molecule has 2 aliphatic carbocycles. The van der Waals surface area contributed by atoms with Crippen molar-refractivity contribution in [3.05, 3.63) is 80.3 Å². The fraction of sp³-hybridized carbons (Fsp3) is 0.346. The number of benzene rings is 2. The van der Waals surface area contributed by atoms with E-state index in [0.717, 1.165) is 21.9 Å². The van der Waals surface area contributed by atoms with E-state index in [9.17, 15) is 14.4 Å². The third-order valence-electron chi connectivity index (χ3n) is 8.17. The number of amides is 2. The van der Waals surface area contributed by atoms with Crippen molar-refractivity contribution in [2.24, 2.45) is 29.6 Å². The minimum absolute atomic E-state index is 0.0290. The maximum atomic E-state index is 13.7. The van der Waals surface area contributed by atoms with Crippen LogP contribution in [0, 0.1) is 36.5 Å². The van der Waals surface area contributed by atoms with Gasteiger partial charge in [-0.2, -0.15) is 0 Å². The first-order valence-corrected chi connectivity index (χ1v) is 13.1. The molecule has 3 heterocycles. The van der Waals surface area contributed by atoms with Crippen molar-refractivity contribution >= 4 is 40.6 Å². The normalized spacial score (nSPS) is 33.8. The van der Waals surface area contributed by atoms with Crippen LogP contribution in [0.3, 0.4) is 0 Å². The lowest BCUT2D eigenvalue weighted by Gasteiger charge is -2.43. The number of imide groups is 1. The number of aryl methyl sites for hydroxylation is 1. The van der Waals surface area contributed by atoms with E-state index >= 15 is 0 Å². The maximum absolute atomic E-state index is 13.7. The second kappa shape index (κ2) is 6.93. The standard InChI is InChI=1S/C26H22N2O3S2/c1-12-7-9-14(10-8-12)28-24(29)19-15-11-16(20(19)25(28)30)21-18(15)17(13-5-3-2-4-6-13)22-23(32-21)27-26(31)33-22/h2-10,15-21H,11H2,1H3,(H,27,31)/t15-,16+,17+,18+,19-,20+,21-/m1/s1. The lowest BCUT2D eigenvalue weighted by molar-refractivity contribution is -0.123. The average molecular weight is 475 g/mol. The number of hydrogen-bond acceptors (Lipinski definition) is 5. The number of fused-ring (bicyclic) bond motifs is 9. The average Bonchev–Trinajstić information content (AvgIpc) is 3.54. The highest BCUT2D eigenvalue weighted by atomic mass is 32.2. The van der Waals surface area contributed by atoms with Gasteiger partial charge in [0.15, 0.2) is 0 Å². The van der Waals surface area contributed by atoms with Crippen molar-refractivity contribution in [2.75, 3.05) is 4.90 Å². The Kier molecular flexibility index (Phi) is 4.16. The summed E-state index contributed by atoms with van der Waals surface area (Å²) in [7, 11) is 0. The monoisotopic (exact) mass is 474 g/mol. The number of rotatable bonds is 2. The number of thioether (sulfide) groups is 1. The van der Waals surface area contributed by atoms with Crippen LogP contribution in [-0.4, -0.2) is 22.0 Å². The molecule has 3 aromatic rings. The Hall–Kier alpha value is -2.64. The predicted octanol–water partition coefficient (Wildman–Crippen LogP) is 4.42. The van der Waals surface area contributed by atoms with Crippen LogP contribution < -0.4 is 9.77 Å². The van der Waals surface area contributed by atoms with Crippen LogP contribution in [0.5, 0.6) is 0 Å². The summed E-state index contributed by atoms with van der Waals surface area (Å²) in [6.07, 6.45) is 0.916. The molecule has 3 fully saturated rings. The third-order valence-corrected chi connectivity index (χ3v) is 10.8. The van der Waals surface area contributed by atoms with Crippen LogP contribution in [0.25, 0.3) is 0 Å². The van der Waals surface area contributed by atoms with Crippen LogP contribution in [0.15, 0.2) is 64.4 Å². The van der Waals surface area contributed by atoms with Gasteiger partial charge in [0.1, 0.15) is 0 Å². The topological polar surface area (TPSA) is 70.2 Å². The molecule has 7 heteroatoms. The Morgan fingerprint density at radius 3 is 2.33 bits per heavy atom. The molecule has 4 aliphatic rings. The van der Waals surface area contributed by atoms with Crippen molar-refractivity contribution in [1.29, 1.82) is 0 Å². The largest absolute Gasteiger partial charge is 0.307 e. The van der Waals surface area contributed by atoms with Crippen molar-refractivity contribution in [3.8, 4) is 0 Å². The molecular weight excluding hydrogens is 452 g/mol. The zero-order valence-corrected chi connectivity index (χ0v) is 19.6.